The van der Waals surface area contributed by atoms with Crippen LogP contribution >= 0.6 is 11.6 Å². The van der Waals surface area contributed by atoms with Crippen molar-refractivity contribution in [2.24, 2.45) is 5.73 Å². The Morgan fingerprint density at radius 2 is 1.80 bits per heavy atom. The Bertz CT molecular complexity index is 715. The number of hydrogen-bond acceptors (Lipinski definition) is 4. The van der Waals surface area contributed by atoms with Crippen LogP contribution in [0, 0.1) is 0 Å². The Balaban J connectivity index is 1.48. The lowest BCUT2D eigenvalue weighted by Gasteiger charge is -2.36. The van der Waals surface area contributed by atoms with Crippen molar-refractivity contribution in [3.8, 4) is 0 Å². The van der Waals surface area contributed by atoms with Gasteiger partial charge in [-0.3, -0.25) is 9.69 Å². The first-order valence-electron chi connectivity index (χ1n) is 8.49. The van der Waals surface area contributed by atoms with Gasteiger partial charge >= 0.3 is 0 Å². The Labute approximate surface area is 153 Å². The van der Waals surface area contributed by atoms with E-state index in [0.29, 0.717) is 16.3 Å². The maximum absolute atomic E-state index is 11.5. The number of benzene rings is 2. The molecule has 6 heteroatoms. The molecule has 3 rings (SSSR count). The smallest absolute Gasteiger partial charge is 0.250 e. The molecule has 25 heavy (non-hydrogen) atoms. The fraction of sp³-hybridized carbons (Fsp3) is 0.316. The molecule has 0 unspecified atom stereocenters. The first kappa shape index (κ1) is 17.6. The zero-order valence-electron chi connectivity index (χ0n) is 14.1. The average molecular weight is 359 g/mol. The third-order valence-electron chi connectivity index (χ3n) is 4.48. The molecule has 0 aromatic heterocycles. The highest BCUT2D eigenvalue weighted by Gasteiger charge is 2.17. The SMILES string of the molecule is NC(=O)c1ccc(Cl)cc1NCCN1CCN(c2ccccc2)CC1. The molecule has 0 aliphatic carbocycles. The van der Waals surface area contributed by atoms with Crippen molar-refractivity contribution < 1.29 is 4.79 Å². The summed E-state index contributed by atoms with van der Waals surface area (Å²) in [5.41, 5.74) is 7.86. The van der Waals surface area contributed by atoms with Crippen LogP contribution in [-0.4, -0.2) is 50.1 Å². The van der Waals surface area contributed by atoms with Gasteiger partial charge in [0.2, 0.25) is 0 Å². The highest BCUT2D eigenvalue weighted by atomic mass is 35.5. The monoisotopic (exact) mass is 358 g/mol. The summed E-state index contributed by atoms with van der Waals surface area (Å²) in [6.07, 6.45) is 0. The maximum Gasteiger partial charge on any atom is 0.250 e. The number of nitrogens with zero attached hydrogens (tertiary/aromatic N) is 2. The Kier molecular flexibility index (Phi) is 5.79. The quantitative estimate of drug-likeness (QED) is 0.833. The van der Waals surface area contributed by atoms with Crippen LogP contribution < -0.4 is 16.0 Å². The molecule has 0 bridgehead atoms. The Morgan fingerprint density at radius 1 is 1.08 bits per heavy atom. The van der Waals surface area contributed by atoms with Crippen molar-refractivity contribution in [3.63, 3.8) is 0 Å². The normalized spacial score (nSPS) is 15.2. The molecule has 2 aromatic rings. The van der Waals surface area contributed by atoms with Gasteiger partial charge in [0, 0.05) is 55.7 Å². The molecule has 0 spiro atoms. The number of anilines is 2. The summed E-state index contributed by atoms with van der Waals surface area (Å²) in [5, 5.41) is 3.87. The van der Waals surface area contributed by atoms with Crippen molar-refractivity contribution in [3.05, 3.63) is 59.1 Å². The van der Waals surface area contributed by atoms with Gasteiger partial charge in [0.25, 0.3) is 5.91 Å². The van der Waals surface area contributed by atoms with Gasteiger partial charge in [-0.2, -0.15) is 0 Å². The number of primary amides is 1. The number of nitrogens with two attached hydrogens (primary N) is 1. The number of carbonyl (C=O) groups is 1. The van der Waals surface area contributed by atoms with E-state index in [9.17, 15) is 4.79 Å². The molecule has 3 N–H and O–H groups in total. The highest BCUT2D eigenvalue weighted by Crippen LogP contribution is 2.21. The van der Waals surface area contributed by atoms with Crippen molar-refractivity contribution in [1.82, 2.24) is 4.90 Å². The lowest BCUT2D eigenvalue weighted by molar-refractivity contribution is 0.100. The van der Waals surface area contributed by atoms with E-state index in [4.69, 9.17) is 17.3 Å². The van der Waals surface area contributed by atoms with E-state index in [2.05, 4.69) is 39.4 Å². The van der Waals surface area contributed by atoms with Gasteiger partial charge in [-0.1, -0.05) is 29.8 Å². The molecule has 1 aliphatic heterocycles. The maximum atomic E-state index is 11.5. The highest BCUT2D eigenvalue weighted by molar-refractivity contribution is 6.31. The fourth-order valence-corrected chi connectivity index (χ4v) is 3.27. The third kappa shape index (κ3) is 4.65. The zero-order valence-corrected chi connectivity index (χ0v) is 14.9. The molecule has 1 aliphatic rings. The number of piperazine rings is 1. The number of halogens is 1. The second-order valence-electron chi connectivity index (χ2n) is 6.15. The molecule has 0 saturated carbocycles. The summed E-state index contributed by atoms with van der Waals surface area (Å²) < 4.78 is 0. The first-order valence-corrected chi connectivity index (χ1v) is 8.87. The summed E-state index contributed by atoms with van der Waals surface area (Å²) >= 11 is 6.02. The Morgan fingerprint density at radius 3 is 2.48 bits per heavy atom. The first-order chi connectivity index (χ1) is 12.1. The lowest BCUT2D eigenvalue weighted by Crippen LogP contribution is -2.47. The summed E-state index contributed by atoms with van der Waals surface area (Å²) in [5.74, 6) is -0.448. The predicted octanol–water partition coefficient (Wildman–Crippen LogP) is 2.67. The molecule has 0 atom stereocenters. The summed E-state index contributed by atoms with van der Waals surface area (Å²) in [7, 11) is 0. The van der Waals surface area contributed by atoms with E-state index in [1.165, 1.54) is 5.69 Å². The van der Waals surface area contributed by atoms with Crippen LogP contribution in [0.15, 0.2) is 48.5 Å². The second-order valence-corrected chi connectivity index (χ2v) is 6.58. The van der Waals surface area contributed by atoms with Crippen molar-refractivity contribution >= 4 is 28.9 Å². The van der Waals surface area contributed by atoms with E-state index in [-0.39, 0.29) is 0 Å². The van der Waals surface area contributed by atoms with E-state index in [0.717, 1.165) is 39.3 Å². The van der Waals surface area contributed by atoms with Gasteiger partial charge in [0.15, 0.2) is 0 Å². The zero-order chi connectivity index (χ0) is 17.6. The number of rotatable bonds is 6. The van der Waals surface area contributed by atoms with Crippen LogP contribution in [0.4, 0.5) is 11.4 Å². The molecule has 1 heterocycles. The van der Waals surface area contributed by atoms with Crippen molar-refractivity contribution in [2.75, 3.05) is 49.5 Å². The predicted molar refractivity (Wildman–Crippen MR) is 104 cm³/mol. The van der Waals surface area contributed by atoms with Crippen LogP contribution in [0.2, 0.25) is 5.02 Å². The lowest BCUT2D eigenvalue weighted by atomic mass is 10.1. The number of nitrogens with one attached hydrogen (secondary N) is 1. The van der Waals surface area contributed by atoms with Gasteiger partial charge in [-0.25, -0.2) is 0 Å². The topological polar surface area (TPSA) is 61.6 Å². The van der Waals surface area contributed by atoms with Crippen LogP contribution in [0.5, 0.6) is 0 Å². The average Bonchev–Trinajstić information content (AvgIpc) is 2.63. The van der Waals surface area contributed by atoms with Gasteiger partial charge in [0.05, 0.1) is 5.56 Å². The molecule has 1 amide bonds. The fourth-order valence-electron chi connectivity index (χ4n) is 3.09. The molecule has 132 valence electrons. The molecule has 1 saturated heterocycles. The van der Waals surface area contributed by atoms with Crippen molar-refractivity contribution in [2.45, 2.75) is 0 Å². The van der Waals surface area contributed by atoms with Crippen LogP contribution in [0.25, 0.3) is 0 Å². The minimum absolute atomic E-state index is 0.448. The van der Waals surface area contributed by atoms with Gasteiger partial charge in [-0.15, -0.1) is 0 Å². The van der Waals surface area contributed by atoms with E-state index < -0.39 is 5.91 Å². The van der Waals surface area contributed by atoms with Gasteiger partial charge < -0.3 is 16.0 Å². The summed E-state index contributed by atoms with van der Waals surface area (Å²) in [6, 6.07) is 15.6. The molecular weight excluding hydrogens is 336 g/mol. The number of hydrogen-bond donors (Lipinski definition) is 2. The van der Waals surface area contributed by atoms with E-state index in [1.807, 2.05) is 6.07 Å². The largest absolute Gasteiger partial charge is 0.383 e. The Hall–Kier alpha value is -2.24. The standard InChI is InChI=1S/C19H23ClN4O/c20-15-6-7-17(19(21)25)18(14-15)22-8-9-23-10-12-24(13-11-23)16-4-2-1-3-5-16/h1-7,14,22H,8-13H2,(H2,21,25). The number of carbonyl (C=O) groups excluding carboxylic acids is 1. The minimum Gasteiger partial charge on any atom is -0.383 e. The summed E-state index contributed by atoms with van der Waals surface area (Å²) in [6.45, 7) is 5.74. The van der Waals surface area contributed by atoms with E-state index in [1.54, 1.807) is 18.2 Å². The second kappa shape index (κ2) is 8.23. The molecule has 5 nitrogen and oxygen atoms in total. The van der Waals surface area contributed by atoms with Crippen LogP contribution in [0.3, 0.4) is 0 Å². The molecule has 1 fully saturated rings. The van der Waals surface area contributed by atoms with Crippen LogP contribution in [-0.2, 0) is 0 Å². The molecule has 0 radical (unpaired) electrons. The molecule has 2 aromatic carbocycles. The van der Waals surface area contributed by atoms with E-state index >= 15 is 0 Å². The minimum atomic E-state index is -0.448. The van der Waals surface area contributed by atoms with Crippen molar-refractivity contribution in [1.29, 1.82) is 0 Å². The molecular formula is C19H23ClN4O. The summed E-state index contributed by atoms with van der Waals surface area (Å²) in [4.78, 5) is 16.3. The van der Waals surface area contributed by atoms with Gasteiger partial charge in [-0.05, 0) is 30.3 Å². The van der Waals surface area contributed by atoms with Gasteiger partial charge in [0.1, 0.15) is 0 Å². The third-order valence-corrected chi connectivity index (χ3v) is 4.72. The number of amides is 1. The number of para-hydroxylation sites is 1. The van der Waals surface area contributed by atoms with Crippen LogP contribution in [0.1, 0.15) is 10.4 Å².